The minimum atomic E-state index is -0.0554. The molecule has 3 aromatic heterocycles. The van der Waals surface area contributed by atoms with Gasteiger partial charge >= 0.3 is 0 Å². The van der Waals surface area contributed by atoms with Crippen molar-refractivity contribution < 1.29 is 0 Å². The Balaban J connectivity index is 1.27. The van der Waals surface area contributed by atoms with E-state index >= 15 is 0 Å². The van der Waals surface area contributed by atoms with Gasteiger partial charge in [0.05, 0.1) is 16.7 Å². The van der Waals surface area contributed by atoms with Gasteiger partial charge in [-0.05, 0) is 74.1 Å². The van der Waals surface area contributed by atoms with Crippen LogP contribution >= 0.6 is 11.3 Å². The second kappa shape index (κ2) is 9.62. The molecule has 1 aliphatic carbocycles. The quantitative estimate of drug-likeness (QED) is 0.188. The average Bonchev–Trinajstić information content (AvgIpc) is 3.75. The summed E-state index contributed by atoms with van der Waals surface area (Å²) in [5.41, 5.74) is 9.59. The van der Waals surface area contributed by atoms with Crippen molar-refractivity contribution in [2.45, 2.75) is 19.3 Å². The molecule has 0 N–H and O–H groups in total. The predicted molar refractivity (Wildman–Crippen MR) is 207 cm³/mol. The van der Waals surface area contributed by atoms with E-state index < -0.39 is 0 Å². The van der Waals surface area contributed by atoms with Gasteiger partial charge < -0.3 is 0 Å². The third-order valence-electron chi connectivity index (χ3n) is 10.8. The standard InChI is InChI=1S/C45H29N3S/c1-45(2)35-17-9-7-15-31(35)33-24-29(19-21-36(33)45)42-41-32-16-8-10-18-39(32)49-43(41)47-44(46-42)48-37-22-20-26-11-5-6-14-30(26)40(37)34-23-27-12-3-4-13-28(27)25-38(34)48/h3-25H,1-2H3. The molecule has 0 radical (unpaired) electrons. The van der Waals surface area contributed by atoms with Crippen LogP contribution in [0.25, 0.3) is 92.0 Å². The smallest absolute Gasteiger partial charge is 0.236 e. The molecule has 7 aromatic carbocycles. The lowest BCUT2D eigenvalue weighted by atomic mass is 9.82. The summed E-state index contributed by atoms with van der Waals surface area (Å²) in [6, 6.07) is 50.9. The van der Waals surface area contributed by atoms with Gasteiger partial charge in [-0.2, -0.15) is 0 Å². The Morgan fingerprint density at radius 1 is 0.531 bits per heavy atom. The zero-order valence-electron chi connectivity index (χ0n) is 27.0. The molecule has 0 spiro atoms. The first-order valence-corrected chi connectivity index (χ1v) is 17.7. The van der Waals surface area contributed by atoms with Crippen molar-refractivity contribution in [3.63, 3.8) is 0 Å². The summed E-state index contributed by atoms with van der Waals surface area (Å²) in [7, 11) is 0. The first-order chi connectivity index (χ1) is 24.0. The highest BCUT2D eigenvalue weighted by molar-refractivity contribution is 7.25. The number of hydrogen-bond donors (Lipinski definition) is 0. The van der Waals surface area contributed by atoms with Crippen LogP contribution in [0, 0.1) is 0 Å². The van der Waals surface area contributed by atoms with Crippen molar-refractivity contribution in [1.29, 1.82) is 0 Å². The van der Waals surface area contributed by atoms with Gasteiger partial charge in [-0.3, -0.25) is 4.57 Å². The molecule has 1 aliphatic rings. The van der Waals surface area contributed by atoms with E-state index in [0.29, 0.717) is 5.95 Å². The van der Waals surface area contributed by atoms with Crippen LogP contribution in [0.1, 0.15) is 25.0 Å². The Morgan fingerprint density at radius 2 is 1.24 bits per heavy atom. The third-order valence-corrected chi connectivity index (χ3v) is 11.9. The molecule has 0 saturated heterocycles. The zero-order valence-corrected chi connectivity index (χ0v) is 27.8. The molecule has 0 atom stereocenters. The Labute approximate surface area is 286 Å². The molecular weight excluding hydrogens is 615 g/mol. The predicted octanol–water partition coefficient (Wildman–Crippen LogP) is 12.2. The summed E-state index contributed by atoms with van der Waals surface area (Å²) in [4.78, 5) is 12.0. The van der Waals surface area contributed by atoms with Crippen molar-refractivity contribution in [3.8, 4) is 28.3 Å². The molecule has 0 unspecified atom stereocenters. The second-order valence-corrected chi connectivity index (χ2v) is 14.8. The summed E-state index contributed by atoms with van der Waals surface area (Å²) in [6.45, 7) is 4.67. The first kappa shape index (κ1) is 27.1. The van der Waals surface area contributed by atoms with Crippen LogP contribution in [-0.4, -0.2) is 14.5 Å². The minimum Gasteiger partial charge on any atom is -0.278 e. The Kier molecular flexibility index (Phi) is 5.33. The maximum absolute atomic E-state index is 5.57. The van der Waals surface area contributed by atoms with Gasteiger partial charge in [-0.1, -0.05) is 123 Å². The maximum Gasteiger partial charge on any atom is 0.236 e. The molecule has 3 nitrogen and oxygen atoms in total. The largest absolute Gasteiger partial charge is 0.278 e. The van der Waals surface area contributed by atoms with E-state index in [0.717, 1.165) is 32.5 Å². The number of thiophene rings is 1. The fraction of sp³-hybridized carbons (Fsp3) is 0.0667. The van der Waals surface area contributed by atoms with Gasteiger partial charge in [-0.25, -0.2) is 9.97 Å². The van der Waals surface area contributed by atoms with Crippen LogP contribution in [0.2, 0.25) is 0 Å². The Hall–Kier alpha value is -5.84. The lowest BCUT2D eigenvalue weighted by Crippen LogP contribution is -2.14. The molecule has 0 saturated carbocycles. The lowest BCUT2D eigenvalue weighted by molar-refractivity contribution is 0.660. The van der Waals surface area contributed by atoms with E-state index in [1.165, 1.54) is 64.7 Å². The number of hydrogen-bond acceptors (Lipinski definition) is 3. The van der Waals surface area contributed by atoms with Crippen molar-refractivity contribution in [2.24, 2.45) is 0 Å². The molecule has 230 valence electrons. The molecule has 0 fully saturated rings. The lowest BCUT2D eigenvalue weighted by Gasteiger charge is -2.21. The van der Waals surface area contributed by atoms with Crippen LogP contribution in [0.15, 0.2) is 140 Å². The number of rotatable bonds is 2. The van der Waals surface area contributed by atoms with Crippen LogP contribution in [0.3, 0.4) is 0 Å². The maximum atomic E-state index is 5.57. The van der Waals surface area contributed by atoms with E-state index in [1.807, 2.05) is 0 Å². The molecular formula is C45H29N3S. The van der Waals surface area contributed by atoms with Gasteiger partial charge in [0.15, 0.2) is 0 Å². The average molecular weight is 644 g/mol. The van der Waals surface area contributed by atoms with Gasteiger partial charge in [0.2, 0.25) is 5.95 Å². The molecule has 10 aromatic rings. The molecule has 0 bridgehead atoms. The van der Waals surface area contributed by atoms with Crippen LogP contribution < -0.4 is 0 Å². The van der Waals surface area contributed by atoms with E-state index in [4.69, 9.17) is 9.97 Å². The van der Waals surface area contributed by atoms with Crippen LogP contribution in [0.4, 0.5) is 0 Å². The van der Waals surface area contributed by atoms with E-state index in [-0.39, 0.29) is 5.41 Å². The third kappa shape index (κ3) is 3.67. The van der Waals surface area contributed by atoms with Crippen molar-refractivity contribution in [3.05, 3.63) is 151 Å². The van der Waals surface area contributed by atoms with Gasteiger partial charge in [-0.15, -0.1) is 11.3 Å². The number of aromatic nitrogens is 3. The molecule has 49 heavy (non-hydrogen) atoms. The second-order valence-electron chi connectivity index (χ2n) is 13.8. The minimum absolute atomic E-state index is 0.0554. The van der Waals surface area contributed by atoms with Crippen molar-refractivity contribution in [2.75, 3.05) is 0 Å². The van der Waals surface area contributed by atoms with E-state index in [1.54, 1.807) is 11.3 Å². The summed E-state index contributed by atoms with van der Waals surface area (Å²) in [5, 5.41) is 9.65. The van der Waals surface area contributed by atoms with E-state index in [9.17, 15) is 0 Å². The SMILES string of the molecule is CC1(C)c2ccccc2-c2cc(-c3nc(-n4c5cc6ccccc6cc5c5c6ccccc6ccc54)nc4sc5ccccc5c34)ccc21. The summed E-state index contributed by atoms with van der Waals surface area (Å²) in [6.07, 6.45) is 0. The Bertz CT molecular complexity index is 3030. The van der Waals surface area contributed by atoms with Crippen molar-refractivity contribution in [1.82, 2.24) is 14.5 Å². The van der Waals surface area contributed by atoms with Gasteiger partial charge in [0.25, 0.3) is 0 Å². The monoisotopic (exact) mass is 643 g/mol. The topological polar surface area (TPSA) is 30.7 Å². The molecule has 3 heterocycles. The molecule has 0 aliphatic heterocycles. The fourth-order valence-corrected chi connectivity index (χ4v) is 9.55. The highest BCUT2D eigenvalue weighted by Gasteiger charge is 2.35. The normalized spacial score (nSPS) is 13.7. The van der Waals surface area contributed by atoms with E-state index in [2.05, 4.69) is 158 Å². The first-order valence-electron chi connectivity index (χ1n) is 16.8. The van der Waals surface area contributed by atoms with Crippen molar-refractivity contribution >= 4 is 75.0 Å². The summed E-state index contributed by atoms with van der Waals surface area (Å²) >= 11 is 1.75. The van der Waals surface area contributed by atoms with Crippen LogP contribution in [0.5, 0.6) is 0 Å². The van der Waals surface area contributed by atoms with Gasteiger partial charge in [0, 0.05) is 37.2 Å². The molecule has 4 heteroatoms. The summed E-state index contributed by atoms with van der Waals surface area (Å²) < 4.78 is 3.51. The zero-order chi connectivity index (χ0) is 32.4. The molecule has 0 amide bonds. The number of nitrogens with zero attached hydrogens (tertiary/aromatic N) is 3. The van der Waals surface area contributed by atoms with Crippen LogP contribution in [-0.2, 0) is 5.41 Å². The highest BCUT2D eigenvalue weighted by Crippen LogP contribution is 2.50. The highest BCUT2D eigenvalue weighted by atomic mass is 32.1. The van der Waals surface area contributed by atoms with Gasteiger partial charge in [0.1, 0.15) is 4.83 Å². The number of benzene rings is 7. The molecule has 11 rings (SSSR count). The Morgan fingerprint density at radius 3 is 2.12 bits per heavy atom. The summed E-state index contributed by atoms with van der Waals surface area (Å²) in [5.74, 6) is 0.695. The fourth-order valence-electron chi connectivity index (χ4n) is 8.48. The number of fused-ring (bicyclic) bond motifs is 12.